The molecule has 2 saturated heterocycles. The molecule has 98 valence electrons. The molecule has 2 aliphatic heterocycles. The molecule has 5 heteroatoms. The van der Waals surface area contributed by atoms with Crippen molar-refractivity contribution in [2.45, 2.75) is 37.8 Å². The third-order valence-electron chi connectivity index (χ3n) is 4.11. The van der Waals surface area contributed by atoms with Gasteiger partial charge in [0.1, 0.15) is 0 Å². The van der Waals surface area contributed by atoms with Crippen LogP contribution < -0.4 is 0 Å². The number of hydrogen-bond acceptors (Lipinski definition) is 4. The standard InChI is InChI=1S/C12H22N2O3/c1-12(14-6-3-10(15)4-7-14)5-8-13(9-12)11(16)17-2/h10,15H,3-9H2,1-2H3. The number of nitrogens with zero attached hydrogens (tertiary/aromatic N) is 2. The van der Waals surface area contributed by atoms with Crippen LogP contribution in [0, 0.1) is 0 Å². The lowest BCUT2D eigenvalue weighted by Crippen LogP contribution is -2.52. The molecule has 0 aromatic rings. The minimum absolute atomic E-state index is 0.0499. The number of ether oxygens (including phenoxy) is 1. The molecule has 0 spiro atoms. The van der Waals surface area contributed by atoms with Gasteiger partial charge in [-0.3, -0.25) is 4.90 Å². The Kier molecular flexibility index (Phi) is 3.58. The summed E-state index contributed by atoms with van der Waals surface area (Å²) in [4.78, 5) is 15.7. The molecule has 2 fully saturated rings. The van der Waals surface area contributed by atoms with E-state index in [1.54, 1.807) is 4.90 Å². The van der Waals surface area contributed by atoms with Crippen molar-refractivity contribution in [1.29, 1.82) is 0 Å². The van der Waals surface area contributed by atoms with Crippen LogP contribution >= 0.6 is 0 Å². The number of piperidine rings is 1. The van der Waals surface area contributed by atoms with Gasteiger partial charge in [-0.1, -0.05) is 0 Å². The molecular weight excluding hydrogens is 220 g/mol. The number of carbonyl (C=O) groups is 1. The van der Waals surface area contributed by atoms with Crippen LogP contribution in [0.25, 0.3) is 0 Å². The fraction of sp³-hybridized carbons (Fsp3) is 0.917. The monoisotopic (exact) mass is 242 g/mol. The van der Waals surface area contributed by atoms with Gasteiger partial charge < -0.3 is 14.7 Å². The van der Waals surface area contributed by atoms with Crippen LogP contribution in [0.2, 0.25) is 0 Å². The summed E-state index contributed by atoms with van der Waals surface area (Å²) in [5.41, 5.74) is 0.0499. The van der Waals surface area contributed by atoms with Crippen molar-refractivity contribution in [2.75, 3.05) is 33.3 Å². The average molecular weight is 242 g/mol. The number of methoxy groups -OCH3 is 1. The molecule has 0 saturated carbocycles. The van der Waals surface area contributed by atoms with Crippen LogP contribution in [0.15, 0.2) is 0 Å². The normalized spacial score (nSPS) is 31.8. The number of rotatable bonds is 1. The van der Waals surface area contributed by atoms with Crippen molar-refractivity contribution >= 4 is 6.09 Å². The van der Waals surface area contributed by atoms with E-state index in [0.717, 1.165) is 45.4 Å². The van der Waals surface area contributed by atoms with Crippen molar-refractivity contribution in [1.82, 2.24) is 9.80 Å². The Hall–Kier alpha value is -0.810. The molecule has 2 rings (SSSR count). The summed E-state index contributed by atoms with van der Waals surface area (Å²) >= 11 is 0. The second-order valence-corrected chi connectivity index (χ2v) is 5.36. The lowest BCUT2D eigenvalue weighted by Gasteiger charge is -2.41. The molecule has 0 aromatic carbocycles. The molecule has 0 aromatic heterocycles. The van der Waals surface area contributed by atoms with E-state index in [-0.39, 0.29) is 17.7 Å². The highest BCUT2D eigenvalue weighted by Crippen LogP contribution is 2.30. The minimum Gasteiger partial charge on any atom is -0.453 e. The van der Waals surface area contributed by atoms with E-state index < -0.39 is 0 Å². The molecule has 17 heavy (non-hydrogen) atoms. The molecule has 5 nitrogen and oxygen atoms in total. The number of hydrogen-bond donors (Lipinski definition) is 1. The van der Waals surface area contributed by atoms with Crippen LogP contribution in [0.1, 0.15) is 26.2 Å². The summed E-state index contributed by atoms with van der Waals surface area (Å²) in [6, 6.07) is 0. The smallest absolute Gasteiger partial charge is 0.409 e. The summed E-state index contributed by atoms with van der Waals surface area (Å²) in [5, 5.41) is 9.52. The number of aliphatic hydroxyl groups is 1. The highest BCUT2D eigenvalue weighted by molar-refractivity contribution is 5.68. The van der Waals surface area contributed by atoms with Crippen molar-refractivity contribution < 1.29 is 14.6 Å². The predicted molar refractivity (Wildman–Crippen MR) is 63.8 cm³/mol. The zero-order valence-corrected chi connectivity index (χ0v) is 10.7. The summed E-state index contributed by atoms with van der Waals surface area (Å²) in [6.07, 6.45) is 2.29. The molecule has 2 aliphatic rings. The van der Waals surface area contributed by atoms with E-state index in [2.05, 4.69) is 11.8 Å². The van der Waals surface area contributed by atoms with Gasteiger partial charge in [-0.05, 0) is 26.2 Å². The summed E-state index contributed by atoms with van der Waals surface area (Å²) in [6.45, 7) is 5.55. The molecule has 1 unspecified atom stereocenters. The van der Waals surface area contributed by atoms with Gasteiger partial charge >= 0.3 is 6.09 Å². The lowest BCUT2D eigenvalue weighted by atomic mass is 9.95. The Balaban J connectivity index is 1.94. The van der Waals surface area contributed by atoms with Gasteiger partial charge in [-0.15, -0.1) is 0 Å². The fourth-order valence-electron chi connectivity index (χ4n) is 2.89. The second kappa shape index (κ2) is 4.82. The van der Waals surface area contributed by atoms with Crippen LogP contribution in [0.3, 0.4) is 0 Å². The summed E-state index contributed by atoms with van der Waals surface area (Å²) in [7, 11) is 1.43. The van der Waals surface area contributed by atoms with E-state index in [0.29, 0.717) is 0 Å². The molecule has 0 aliphatic carbocycles. The first-order valence-corrected chi connectivity index (χ1v) is 6.31. The Bertz CT molecular complexity index is 289. The number of carbonyl (C=O) groups excluding carboxylic acids is 1. The first-order valence-electron chi connectivity index (χ1n) is 6.31. The molecule has 1 amide bonds. The number of amides is 1. The topological polar surface area (TPSA) is 53.0 Å². The van der Waals surface area contributed by atoms with Crippen molar-refractivity contribution in [3.63, 3.8) is 0 Å². The maximum atomic E-state index is 11.5. The van der Waals surface area contributed by atoms with Crippen molar-refractivity contribution in [3.05, 3.63) is 0 Å². The fourth-order valence-corrected chi connectivity index (χ4v) is 2.89. The van der Waals surface area contributed by atoms with E-state index in [1.807, 2.05) is 0 Å². The highest BCUT2D eigenvalue weighted by Gasteiger charge is 2.41. The van der Waals surface area contributed by atoms with Crippen LogP contribution in [-0.4, -0.2) is 65.9 Å². The summed E-state index contributed by atoms with van der Waals surface area (Å²) in [5.74, 6) is 0. The molecule has 1 atom stereocenters. The predicted octanol–water partition coefficient (Wildman–Crippen LogP) is 0.674. The van der Waals surface area contributed by atoms with E-state index in [9.17, 15) is 9.90 Å². The first kappa shape index (κ1) is 12.6. The Morgan fingerprint density at radius 2 is 2.00 bits per heavy atom. The lowest BCUT2D eigenvalue weighted by molar-refractivity contribution is 0.0260. The van der Waals surface area contributed by atoms with Crippen LogP contribution in [0.5, 0.6) is 0 Å². The molecule has 1 N–H and O–H groups in total. The SMILES string of the molecule is COC(=O)N1CCC(C)(N2CCC(O)CC2)C1. The number of aliphatic hydroxyl groups excluding tert-OH is 1. The van der Waals surface area contributed by atoms with E-state index in [1.165, 1.54) is 7.11 Å². The maximum Gasteiger partial charge on any atom is 0.409 e. The quantitative estimate of drug-likeness (QED) is 0.734. The first-order chi connectivity index (χ1) is 8.05. The maximum absolute atomic E-state index is 11.5. The Labute approximate surface area is 102 Å². The third kappa shape index (κ3) is 2.55. The van der Waals surface area contributed by atoms with Crippen molar-refractivity contribution in [3.8, 4) is 0 Å². The average Bonchev–Trinajstić information content (AvgIpc) is 2.73. The zero-order valence-electron chi connectivity index (χ0n) is 10.7. The molecule has 0 radical (unpaired) electrons. The Morgan fingerprint density at radius 1 is 1.35 bits per heavy atom. The van der Waals surface area contributed by atoms with Gasteiger partial charge in [0.25, 0.3) is 0 Å². The van der Waals surface area contributed by atoms with E-state index in [4.69, 9.17) is 4.74 Å². The second-order valence-electron chi connectivity index (χ2n) is 5.36. The number of likely N-dealkylation sites (tertiary alicyclic amines) is 2. The van der Waals surface area contributed by atoms with Gasteiger partial charge in [0, 0.05) is 31.7 Å². The summed E-state index contributed by atoms with van der Waals surface area (Å²) < 4.78 is 4.76. The zero-order chi connectivity index (χ0) is 12.5. The van der Waals surface area contributed by atoms with Gasteiger partial charge in [0.05, 0.1) is 13.2 Å². The van der Waals surface area contributed by atoms with Gasteiger partial charge in [-0.25, -0.2) is 4.79 Å². The van der Waals surface area contributed by atoms with Gasteiger partial charge in [0.2, 0.25) is 0 Å². The largest absolute Gasteiger partial charge is 0.453 e. The van der Waals surface area contributed by atoms with Crippen LogP contribution in [-0.2, 0) is 4.74 Å². The van der Waals surface area contributed by atoms with Gasteiger partial charge in [-0.2, -0.15) is 0 Å². The Morgan fingerprint density at radius 3 is 2.59 bits per heavy atom. The van der Waals surface area contributed by atoms with Crippen molar-refractivity contribution in [2.24, 2.45) is 0 Å². The molecule has 2 heterocycles. The highest BCUT2D eigenvalue weighted by atomic mass is 16.5. The molecule has 0 bridgehead atoms. The van der Waals surface area contributed by atoms with Crippen LogP contribution in [0.4, 0.5) is 4.79 Å². The van der Waals surface area contributed by atoms with E-state index >= 15 is 0 Å². The minimum atomic E-state index is -0.231. The third-order valence-corrected chi connectivity index (χ3v) is 4.11. The van der Waals surface area contributed by atoms with Gasteiger partial charge in [0.15, 0.2) is 0 Å². The molecular formula is C12H22N2O3.